The van der Waals surface area contributed by atoms with Gasteiger partial charge in [-0.25, -0.2) is 9.97 Å². The normalized spacial score (nSPS) is 20.5. The Kier molecular flexibility index (Phi) is 3.87. The molecular formula is C16H20N4O3. The number of rotatable bonds is 2. The summed E-state index contributed by atoms with van der Waals surface area (Å²) in [6.07, 6.45) is 3.93. The smallest absolute Gasteiger partial charge is 0.227 e. The molecule has 122 valence electrons. The van der Waals surface area contributed by atoms with Crippen molar-refractivity contribution in [2.24, 2.45) is 5.41 Å². The number of imide groups is 1. The largest absolute Gasteiger partial charge is 0.341 e. The molecular weight excluding hydrogens is 296 g/mol. The fraction of sp³-hybridized carbons (Fsp3) is 0.562. The third kappa shape index (κ3) is 3.09. The molecule has 0 saturated carbocycles. The minimum absolute atomic E-state index is 0.0432. The van der Waals surface area contributed by atoms with E-state index in [9.17, 15) is 14.4 Å². The lowest BCUT2D eigenvalue weighted by Crippen LogP contribution is -2.50. The third-order valence-corrected chi connectivity index (χ3v) is 4.80. The van der Waals surface area contributed by atoms with Crippen molar-refractivity contribution in [2.45, 2.75) is 39.5 Å². The van der Waals surface area contributed by atoms with Crippen LogP contribution in [-0.4, -0.2) is 40.7 Å². The second kappa shape index (κ2) is 5.72. The highest BCUT2D eigenvalue weighted by molar-refractivity contribution is 5.98. The Morgan fingerprint density at radius 1 is 1.22 bits per heavy atom. The van der Waals surface area contributed by atoms with Gasteiger partial charge in [-0.1, -0.05) is 0 Å². The van der Waals surface area contributed by atoms with Gasteiger partial charge in [-0.05, 0) is 32.1 Å². The molecule has 2 amide bonds. The minimum Gasteiger partial charge on any atom is -0.341 e. The van der Waals surface area contributed by atoms with Gasteiger partial charge in [0, 0.05) is 32.1 Å². The number of piperidine rings is 2. The number of carbonyl (C=O) groups excluding carboxylic acids is 3. The molecule has 23 heavy (non-hydrogen) atoms. The molecule has 1 N–H and O–H groups in total. The number of carbonyl (C=O) groups is 3. The van der Waals surface area contributed by atoms with Crippen molar-refractivity contribution in [2.75, 3.05) is 18.0 Å². The molecule has 1 aromatic rings. The number of hydrogen-bond donors (Lipinski definition) is 1. The van der Waals surface area contributed by atoms with Crippen LogP contribution in [0.1, 0.15) is 48.7 Å². The predicted molar refractivity (Wildman–Crippen MR) is 83.0 cm³/mol. The number of anilines is 1. The van der Waals surface area contributed by atoms with Crippen LogP contribution < -0.4 is 10.2 Å². The first-order chi connectivity index (χ1) is 10.9. The summed E-state index contributed by atoms with van der Waals surface area (Å²) in [4.78, 5) is 45.5. The van der Waals surface area contributed by atoms with Gasteiger partial charge < -0.3 is 4.90 Å². The SMILES string of the molecule is CC(=O)c1cnc(N2CCC3(CC2)CC(=O)NC(=O)C3)nc1C. The van der Waals surface area contributed by atoms with Crippen LogP contribution in [-0.2, 0) is 9.59 Å². The molecule has 0 unspecified atom stereocenters. The molecule has 0 radical (unpaired) electrons. The van der Waals surface area contributed by atoms with Gasteiger partial charge in [-0.15, -0.1) is 0 Å². The maximum absolute atomic E-state index is 11.6. The van der Waals surface area contributed by atoms with E-state index in [1.807, 2.05) is 0 Å². The monoisotopic (exact) mass is 316 g/mol. The van der Waals surface area contributed by atoms with Gasteiger partial charge >= 0.3 is 0 Å². The molecule has 0 bridgehead atoms. The molecule has 1 aromatic heterocycles. The minimum atomic E-state index is -0.218. The Labute approximate surface area is 134 Å². The average molecular weight is 316 g/mol. The van der Waals surface area contributed by atoms with Crippen molar-refractivity contribution in [3.05, 3.63) is 17.5 Å². The zero-order valence-electron chi connectivity index (χ0n) is 13.4. The number of aromatic nitrogens is 2. The summed E-state index contributed by atoms with van der Waals surface area (Å²) in [5, 5.41) is 2.37. The van der Waals surface area contributed by atoms with E-state index in [-0.39, 0.29) is 23.0 Å². The van der Waals surface area contributed by atoms with Crippen molar-refractivity contribution >= 4 is 23.5 Å². The van der Waals surface area contributed by atoms with E-state index in [1.165, 1.54) is 6.92 Å². The van der Waals surface area contributed by atoms with Gasteiger partial charge in [-0.2, -0.15) is 0 Å². The topological polar surface area (TPSA) is 92.3 Å². The van der Waals surface area contributed by atoms with Gasteiger partial charge in [0.15, 0.2) is 5.78 Å². The first-order valence-corrected chi connectivity index (χ1v) is 7.81. The second-order valence-electron chi connectivity index (χ2n) is 6.54. The van der Waals surface area contributed by atoms with E-state index in [4.69, 9.17) is 0 Å². The number of amides is 2. The highest BCUT2D eigenvalue weighted by Crippen LogP contribution is 2.40. The Hall–Kier alpha value is -2.31. The van der Waals surface area contributed by atoms with Crippen LogP contribution in [0.15, 0.2) is 6.20 Å². The molecule has 0 aromatic carbocycles. The predicted octanol–water partition coefficient (Wildman–Crippen LogP) is 1.01. The number of nitrogens with one attached hydrogen (secondary N) is 1. The van der Waals surface area contributed by atoms with Gasteiger partial charge in [0.05, 0.1) is 11.3 Å². The summed E-state index contributed by atoms with van der Waals surface area (Å²) in [5.74, 6) is 0.215. The van der Waals surface area contributed by atoms with E-state index in [0.29, 0.717) is 43.1 Å². The standard InChI is InChI=1S/C16H20N4O3/c1-10-12(11(2)21)9-17-15(18-10)20-5-3-16(4-6-20)7-13(22)19-14(23)8-16/h9H,3-8H2,1-2H3,(H,19,22,23). The highest BCUT2D eigenvalue weighted by atomic mass is 16.2. The van der Waals surface area contributed by atoms with Crippen LogP contribution in [0.3, 0.4) is 0 Å². The Morgan fingerprint density at radius 3 is 2.35 bits per heavy atom. The molecule has 7 heteroatoms. The Morgan fingerprint density at radius 2 is 1.83 bits per heavy atom. The van der Waals surface area contributed by atoms with Crippen molar-refractivity contribution in [3.8, 4) is 0 Å². The summed E-state index contributed by atoms with van der Waals surface area (Å²) >= 11 is 0. The van der Waals surface area contributed by atoms with E-state index in [0.717, 1.165) is 12.8 Å². The van der Waals surface area contributed by atoms with Gasteiger partial charge in [0.25, 0.3) is 0 Å². The molecule has 7 nitrogen and oxygen atoms in total. The fourth-order valence-electron chi connectivity index (χ4n) is 3.48. The van der Waals surface area contributed by atoms with E-state index in [1.54, 1.807) is 13.1 Å². The van der Waals surface area contributed by atoms with Crippen LogP contribution in [0.2, 0.25) is 0 Å². The number of hydrogen-bond acceptors (Lipinski definition) is 6. The van der Waals surface area contributed by atoms with E-state index >= 15 is 0 Å². The summed E-state index contributed by atoms with van der Waals surface area (Å²) in [7, 11) is 0. The first-order valence-electron chi connectivity index (χ1n) is 7.81. The summed E-state index contributed by atoms with van der Waals surface area (Å²) in [6, 6.07) is 0. The van der Waals surface area contributed by atoms with Gasteiger partial charge in [-0.3, -0.25) is 19.7 Å². The van der Waals surface area contributed by atoms with Gasteiger partial charge in [0.2, 0.25) is 17.8 Å². The van der Waals surface area contributed by atoms with Crippen LogP contribution in [0, 0.1) is 12.3 Å². The molecule has 3 heterocycles. The maximum atomic E-state index is 11.6. The van der Waals surface area contributed by atoms with Crippen LogP contribution in [0.5, 0.6) is 0 Å². The number of aryl methyl sites for hydroxylation is 1. The molecule has 0 atom stereocenters. The van der Waals surface area contributed by atoms with Crippen LogP contribution in [0.25, 0.3) is 0 Å². The average Bonchev–Trinajstić information content (AvgIpc) is 2.46. The third-order valence-electron chi connectivity index (χ3n) is 4.80. The molecule has 0 aliphatic carbocycles. The second-order valence-corrected chi connectivity index (χ2v) is 6.54. The van der Waals surface area contributed by atoms with E-state index in [2.05, 4.69) is 20.2 Å². The number of nitrogens with zero attached hydrogens (tertiary/aromatic N) is 3. The number of ketones is 1. The summed E-state index contributed by atoms with van der Waals surface area (Å²) in [6.45, 7) is 4.72. The van der Waals surface area contributed by atoms with Crippen molar-refractivity contribution in [1.29, 1.82) is 0 Å². The Balaban J connectivity index is 1.72. The molecule has 3 rings (SSSR count). The molecule has 1 spiro atoms. The molecule has 2 aliphatic rings. The number of Topliss-reactive ketones (excluding diaryl/α,β-unsaturated/α-hetero) is 1. The molecule has 2 fully saturated rings. The van der Waals surface area contributed by atoms with Crippen LogP contribution >= 0.6 is 0 Å². The lowest BCUT2D eigenvalue weighted by molar-refractivity contribution is -0.138. The lowest BCUT2D eigenvalue weighted by Gasteiger charge is -2.43. The maximum Gasteiger partial charge on any atom is 0.227 e. The van der Waals surface area contributed by atoms with Crippen molar-refractivity contribution in [1.82, 2.24) is 15.3 Å². The first kappa shape index (κ1) is 15.6. The molecule has 2 aliphatic heterocycles. The van der Waals surface area contributed by atoms with Gasteiger partial charge in [0.1, 0.15) is 0 Å². The zero-order chi connectivity index (χ0) is 16.6. The van der Waals surface area contributed by atoms with Crippen LogP contribution in [0.4, 0.5) is 5.95 Å². The summed E-state index contributed by atoms with van der Waals surface area (Å²) < 4.78 is 0. The Bertz CT molecular complexity index is 660. The van der Waals surface area contributed by atoms with Crippen molar-refractivity contribution < 1.29 is 14.4 Å². The van der Waals surface area contributed by atoms with Crippen molar-refractivity contribution in [3.63, 3.8) is 0 Å². The fourth-order valence-corrected chi connectivity index (χ4v) is 3.48. The summed E-state index contributed by atoms with van der Waals surface area (Å²) in [5.41, 5.74) is 0.997. The highest BCUT2D eigenvalue weighted by Gasteiger charge is 2.42. The lowest BCUT2D eigenvalue weighted by atomic mass is 9.71. The molecule has 2 saturated heterocycles. The van der Waals surface area contributed by atoms with E-state index < -0.39 is 0 Å². The zero-order valence-corrected chi connectivity index (χ0v) is 13.4. The quantitative estimate of drug-likeness (QED) is 0.646.